The van der Waals surface area contributed by atoms with Gasteiger partial charge >= 0.3 is 0 Å². The quantitative estimate of drug-likeness (QED) is 0.383. The summed E-state index contributed by atoms with van der Waals surface area (Å²) in [6.45, 7) is 4.68. The summed E-state index contributed by atoms with van der Waals surface area (Å²) < 4.78 is 17.0. The Morgan fingerprint density at radius 3 is 2.49 bits per heavy atom. The predicted molar refractivity (Wildman–Crippen MR) is 143 cm³/mol. The molecule has 1 aromatic heterocycles. The van der Waals surface area contributed by atoms with Crippen LogP contribution in [0.1, 0.15) is 27.8 Å². The minimum Gasteiger partial charge on any atom is -0.497 e. The molecule has 0 bridgehead atoms. The largest absolute Gasteiger partial charge is 0.497 e. The van der Waals surface area contributed by atoms with Crippen LogP contribution in [0.5, 0.6) is 11.5 Å². The minimum atomic E-state index is -0.368. The molecule has 190 valence electrons. The third-order valence-corrected chi connectivity index (χ3v) is 6.45. The standard InChI is InChI=1S/C29H29N3O5/c1-3-36-24-13-6-5-12-23(24)28(33)30-26-22-11-4-7-14-25(22)37-27(26)29(34)32-17-15-31(16-18-32)20-9-8-10-21(19-20)35-2/h4-14,19H,3,15-18H2,1-2H3,(H,30,33). The fraction of sp³-hybridized carbons (Fsp3) is 0.241. The molecule has 0 saturated carbocycles. The van der Waals surface area contributed by atoms with Crippen LogP contribution < -0.4 is 19.7 Å². The van der Waals surface area contributed by atoms with E-state index < -0.39 is 0 Å². The van der Waals surface area contributed by atoms with Crippen LogP contribution in [0.3, 0.4) is 0 Å². The highest BCUT2D eigenvalue weighted by Crippen LogP contribution is 2.33. The molecule has 8 nitrogen and oxygen atoms in total. The number of para-hydroxylation sites is 2. The Bertz CT molecular complexity index is 1420. The second-order valence-corrected chi connectivity index (χ2v) is 8.67. The second kappa shape index (κ2) is 10.7. The van der Waals surface area contributed by atoms with Crippen molar-refractivity contribution in [3.8, 4) is 11.5 Å². The molecule has 3 aromatic carbocycles. The molecule has 2 heterocycles. The van der Waals surface area contributed by atoms with Crippen molar-refractivity contribution in [1.82, 2.24) is 4.90 Å². The molecule has 4 aromatic rings. The summed E-state index contributed by atoms with van der Waals surface area (Å²) in [7, 11) is 1.65. The zero-order chi connectivity index (χ0) is 25.8. The molecular formula is C29H29N3O5. The Morgan fingerprint density at radius 1 is 0.946 bits per heavy atom. The Balaban J connectivity index is 1.38. The van der Waals surface area contributed by atoms with E-state index in [9.17, 15) is 9.59 Å². The lowest BCUT2D eigenvalue weighted by molar-refractivity contribution is 0.0718. The summed E-state index contributed by atoms with van der Waals surface area (Å²) in [6.07, 6.45) is 0. The molecule has 37 heavy (non-hydrogen) atoms. The van der Waals surface area contributed by atoms with E-state index in [0.29, 0.717) is 60.8 Å². The molecule has 0 atom stereocenters. The molecule has 0 radical (unpaired) electrons. The molecule has 1 aliphatic heterocycles. The number of ether oxygens (including phenoxy) is 2. The Labute approximate surface area is 215 Å². The highest BCUT2D eigenvalue weighted by atomic mass is 16.5. The minimum absolute atomic E-state index is 0.123. The van der Waals surface area contributed by atoms with Crippen molar-refractivity contribution >= 4 is 34.2 Å². The first kappa shape index (κ1) is 24.2. The van der Waals surface area contributed by atoms with Crippen LogP contribution in [-0.2, 0) is 0 Å². The van der Waals surface area contributed by atoms with Gasteiger partial charge in [0.05, 0.1) is 19.3 Å². The molecule has 1 N–H and O–H groups in total. The maximum absolute atomic E-state index is 13.6. The fourth-order valence-corrected chi connectivity index (χ4v) is 4.56. The van der Waals surface area contributed by atoms with Gasteiger partial charge in [-0.3, -0.25) is 9.59 Å². The number of nitrogens with one attached hydrogen (secondary N) is 1. The van der Waals surface area contributed by atoms with Crippen molar-refractivity contribution in [3.05, 3.63) is 84.1 Å². The van der Waals surface area contributed by atoms with Crippen molar-refractivity contribution in [3.63, 3.8) is 0 Å². The predicted octanol–water partition coefficient (Wildman–Crippen LogP) is 5.05. The summed E-state index contributed by atoms with van der Waals surface area (Å²) >= 11 is 0. The van der Waals surface area contributed by atoms with Crippen LogP contribution in [0.25, 0.3) is 11.0 Å². The van der Waals surface area contributed by atoms with Crippen molar-refractivity contribution in [2.24, 2.45) is 0 Å². The van der Waals surface area contributed by atoms with Crippen LogP contribution in [0.4, 0.5) is 11.4 Å². The second-order valence-electron chi connectivity index (χ2n) is 8.67. The topological polar surface area (TPSA) is 84.2 Å². The number of furan rings is 1. The molecule has 0 aliphatic carbocycles. The lowest BCUT2D eigenvalue weighted by Crippen LogP contribution is -2.48. The van der Waals surface area contributed by atoms with Gasteiger partial charge in [-0.15, -0.1) is 0 Å². The normalized spacial score (nSPS) is 13.5. The Hall–Kier alpha value is -4.46. The van der Waals surface area contributed by atoms with Crippen molar-refractivity contribution in [2.45, 2.75) is 6.92 Å². The number of amides is 2. The highest BCUT2D eigenvalue weighted by molar-refractivity contribution is 6.15. The van der Waals surface area contributed by atoms with E-state index in [2.05, 4.69) is 10.2 Å². The number of carbonyl (C=O) groups excluding carboxylic acids is 2. The third kappa shape index (κ3) is 4.95. The Kier molecular flexibility index (Phi) is 6.98. The van der Waals surface area contributed by atoms with Gasteiger partial charge < -0.3 is 29.0 Å². The molecule has 1 aliphatic rings. The average Bonchev–Trinajstić information content (AvgIpc) is 3.31. The van der Waals surface area contributed by atoms with Gasteiger partial charge in [-0.2, -0.15) is 0 Å². The highest BCUT2D eigenvalue weighted by Gasteiger charge is 2.29. The van der Waals surface area contributed by atoms with E-state index in [4.69, 9.17) is 13.9 Å². The number of rotatable bonds is 7. The number of carbonyl (C=O) groups is 2. The van der Waals surface area contributed by atoms with E-state index in [1.54, 1.807) is 36.3 Å². The van der Waals surface area contributed by atoms with Crippen molar-refractivity contribution < 1.29 is 23.5 Å². The number of nitrogens with zero attached hydrogens (tertiary/aromatic N) is 2. The van der Waals surface area contributed by atoms with Gasteiger partial charge in [0.25, 0.3) is 11.8 Å². The van der Waals surface area contributed by atoms with Crippen molar-refractivity contribution in [2.75, 3.05) is 50.1 Å². The maximum Gasteiger partial charge on any atom is 0.291 e. The number of anilines is 2. The molecule has 2 amide bonds. The zero-order valence-electron chi connectivity index (χ0n) is 20.9. The van der Waals surface area contributed by atoms with Gasteiger partial charge in [-0.05, 0) is 43.3 Å². The molecule has 0 unspecified atom stereocenters. The van der Waals surface area contributed by atoms with Gasteiger partial charge in [0.1, 0.15) is 22.8 Å². The summed E-state index contributed by atoms with van der Waals surface area (Å²) in [6, 6.07) is 22.2. The van der Waals surface area contributed by atoms with Gasteiger partial charge in [-0.25, -0.2) is 0 Å². The first-order valence-electron chi connectivity index (χ1n) is 12.3. The van der Waals surface area contributed by atoms with Crippen LogP contribution in [0.2, 0.25) is 0 Å². The van der Waals surface area contributed by atoms with Crippen LogP contribution >= 0.6 is 0 Å². The van der Waals surface area contributed by atoms with E-state index in [-0.39, 0.29) is 17.6 Å². The van der Waals surface area contributed by atoms with E-state index in [1.807, 2.05) is 55.5 Å². The van der Waals surface area contributed by atoms with Gasteiger partial charge in [0, 0.05) is 43.3 Å². The zero-order valence-corrected chi connectivity index (χ0v) is 20.9. The summed E-state index contributed by atoms with van der Waals surface area (Å²) in [5, 5.41) is 3.60. The number of hydrogen-bond donors (Lipinski definition) is 1. The van der Waals surface area contributed by atoms with Crippen LogP contribution in [-0.4, -0.2) is 56.6 Å². The lowest BCUT2D eigenvalue weighted by Gasteiger charge is -2.36. The number of methoxy groups -OCH3 is 1. The number of hydrogen-bond acceptors (Lipinski definition) is 6. The SMILES string of the molecule is CCOc1ccccc1C(=O)Nc1c(C(=O)N2CCN(c3cccc(OC)c3)CC2)oc2ccccc12. The molecule has 1 fully saturated rings. The molecule has 5 rings (SSSR count). The molecule has 1 saturated heterocycles. The smallest absolute Gasteiger partial charge is 0.291 e. The van der Waals surface area contributed by atoms with E-state index in [1.165, 1.54) is 0 Å². The first-order valence-corrected chi connectivity index (χ1v) is 12.3. The molecule has 8 heteroatoms. The summed E-state index contributed by atoms with van der Waals surface area (Å²) in [5.74, 6) is 0.780. The third-order valence-electron chi connectivity index (χ3n) is 6.45. The first-order chi connectivity index (χ1) is 18.1. The maximum atomic E-state index is 13.6. The fourth-order valence-electron chi connectivity index (χ4n) is 4.56. The van der Waals surface area contributed by atoms with Crippen LogP contribution in [0, 0.1) is 0 Å². The van der Waals surface area contributed by atoms with Crippen LogP contribution in [0.15, 0.2) is 77.2 Å². The molecular weight excluding hydrogens is 470 g/mol. The van der Waals surface area contributed by atoms with Gasteiger partial charge in [0.2, 0.25) is 5.76 Å². The summed E-state index contributed by atoms with van der Waals surface area (Å²) in [4.78, 5) is 30.9. The summed E-state index contributed by atoms with van der Waals surface area (Å²) in [5.41, 5.74) is 2.34. The lowest BCUT2D eigenvalue weighted by atomic mass is 10.1. The Morgan fingerprint density at radius 2 is 1.70 bits per heavy atom. The monoisotopic (exact) mass is 499 g/mol. The van der Waals surface area contributed by atoms with E-state index in [0.717, 1.165) is 11.4 Å². The molecule has 0 spiro atoms. The number of fused-ring (bicyclic) bond motifs is 1. The van der Waals surface area contributed by atoms with Crippen molar-refractivity contribution in [1.29, 1.82) is 0 Å². The number of piperazine rings is 1. The number of benzene rings is 3. The average molecular weight is 500 g/mol. The van der Waals surface area contributed by atoms with E-state index >= 15 is 0 Å². The van der Waals surface area contributed by atoms with Gasteiger partial charge in [0.15, 0.2) is 0 Å². The van der Waals surface area contributed by atoms with Gasteiger partial charge in [-0.1, -0.05) is 30.3 Å².